The minimum absolute atomic E-state index is 0.340. The van der Waals surface area contributed by atoms with Gasteiger partial charge < -0.3 is 15.7 Å². The number of β-amino-alcohol motifs (C(OH)–C–C–N with tert-alkyl or cyclic N) is 1. The minimum Gasteiger partial charge on any atom is -0.390 e. The van der Waals surface area contributed by atoms with Gasteiger partial charge >= 0.3 is 0 Å². The van der Waals surface area contributed by atoms with E-state index >= 15 is 0 Å². The molecule has 0 radical (unpaired) electrons. The fraction of sp³-hybridized carbons (Fsp3) is 1.00. The summed E-state index contributed by atoms with van der Waals surface area (Å²) in [4.78, 5) is 0. The molecule has 3 heteroatoms. The molecule has 0 aromatic rings. The third-order valence-corrected chi connectivity index (χ3v) is 1.56. The molecule has 1 rings (SSSR count). The number of aliphatic hydroxyl groups is 1. The third kappa shape index (κ3) is 1.94. The van der Waals surface area contributed by atoms with E-state index in [2.05, 4.69) is 10.6 Å². The molecular formula is C7H16N2O. The van der Waals surface area contributed by atoms with E-state index in [1.54, 1.807) is 0 Å². The standard InChI is InChI=1S/C7H16N2O/c1-5(2)9-6-3-8-4-7(6)10/h5-10H,3-4H2,1-2H3/t6-,7-/m1/s1/i1D3,2D3. The summed E-state index contributed by atoms with van der Waals surface area (Å²) in [5.41, 5.74) is 0. The van der Waals surface area contributed by atoms with Gasteiger partial charge in [-0.2, -0.15) is 0 Å². The van der Waals surface area contributed by atoms with Gasteiger partial charge in [-0.1, -0.05) is 13.7 Å². The van der Waals surface area contributed by atoms with Crippen LogP contribution in [0, 0.1) is 0 Å². The highest BCUT2D eigenvalue weighted by Crippen LogP contribution is 1.99. The van der Waals surface area contributed by atoms with Gasteiger partial charge in [-0.25, -0.2) is 0 Å². The van der Waals surface area contributed by atoms with Gasteiger partial charge in [-0.15, -0.1) is 0 Å². The van der Waals surface area contributed by atoms with Crippen LogP contribution in [-0.2, 0) is 0 Å². The predicted molar refractivity (Wildman–Crippen MR) is 40.9 cm³/mol. The number of hydrogen-bond donors (Lipinski definition) is 3. The van der Waals surface area contributed by atoms with Crippen molar-refractivity contribution in [1.82, 2.24) is 10.6 Å². The Kier molecular flexibility index (Phi) is 1.03. The molecule has 0 amide bonds. The zero-order valence-electron chi connectivity index (χ0n) is 11.6. The molecule has 0 aromatic carbocycles. The van der Waals surface area contributed by atoms with Gasteiger partial charge in [0.25, 0.3) is 0 Å². The first-order valence-corrected chi connectivity index (χ1v) is 3.27. The van der Waals surface area contributed by atoms with Crippen molar-refractivity contribution in [1.29, 1.82) is 0 Å². The molecule has 1 aliphatic heterocycles. The Bertz CT molecular complexity index is 226. The zero-order chi connectivity index (χ0) is 12.6. The minimum atomic E-state index is -2.62. The van der Waals surface area contributed by atoms with E-state index in [9.17, 15) is 5.11 Å². The molecule has 3 N–H and O–H groups in total. The second-order valence-electron chi connectivity index (χ2n) is 2.43. The van der Waals surface area contributed by atoms with Crippen molar-refractivity contribution in [3.63, 3.8) is 0 Å². The molecule has 3 nitrogen and oxygen atoms in total. The average Bonchev–Trinajstić information content (AvgIpc) is 2.42. The molecule has 1 heterocycles. The molecule has 2 atom stereocenters. The van der Waals surface area contributed by atoms with E-state index in [4.69, 9.17) is 8.22 Å². The maximum absolute atomic E-state index is 9.48. The van der Waals surface area contributed by atoms with E-state index in [1.807, 2.05) is 0 Å². The van der Waals surface area contributed by atoms with Gasteiger partial charge in [-0.3, -0.25) is 0 Å². The van der Waals surface area contributed by atoms with Crippen molar-refractivity contribution >= 4 is 0 Å². The lowest BCUT2D eigenvalue weighted by molar-refractivity contribution is 0.159. The number of rotatable bonds is 2. The molecular weight excluding hydrogens is 128 g/mol. The van der Waals surface area contributed by atoms with Crippen LogP contribution in [0.2, 0.25) is 0 Å². The van der Waals surface area contributed by atoms with Crippen LogP contribution in [0.1, 0.15) is 21.9 Å². The molecule has 1 saturated heterocycles. The molecule has 1 fully saturated rings. The Morgan fingerprint density at radius 2 is 2.50 bits per heavy atom. The van der Waals surface area contributed by atoms with E-state index < -0.39 is 31.9 Å². The lowest BCUT2D eigenvalue weighted by Crippen LogP contribution is -2.42. The lowest BCUT2D eigenvalue weighted by atomic mass is 10.2. The van der Waals surface area contributed by atoms with Crippen LogP contribution in [0.25, 0.3) is 0 Å². The summed E-state index contributed by atoms with van der Waals surface area (Å²) < 4.78 is 43.1. The summed E-state index contributed by atoms with van der Waals surface area (Å²) in [6, 6.07) is -2.15. The smallest absolute Gasteiger partial charge is 0.0829 e. The molecule has 60 valence electrons. The maximum Gasteiger partial charge on any atom is 0.0829 e. The van der Waals surface area contributed by atoms with Gasteiger partial charge in [0.1, 0.15) is 0 Å². The van der Waals surface area contributed by atoms with Gasteiger partial charge in [0, 0.05) is 33.4 Å². The topological polar surface area (TPSA) is 44.3 Å². The van der Waals surface area contributed by atoms with Crippen LogP contribution in [0.5, 0.6) is 0 Å². The third-order valence-electron chi connectivity index (χ3n) is 1.56. The highest BCUT2D eigenvalue weighted by Gasteiger charge is 2.24. The van der Waals surface area contributed by atoms with E-state index in [0.29, 0.717) is 13.1 Å². The number of aliphatic hydroxyl groups excluding tert-OH is 1. The van der Waals surface area contributed by atoms with Gasteiger partial charge in [-0.05, 0) is 0 Å². The van der Waals surface area contributed by atoms with E-state index in [-0.39, 0.29) is 0 Å². The molecule has 1 aliphatic rings. The van der Waals surface area contributed by atoms with Crippen molar-refractivity contribution in [3.8, 4) is 0 Å². The molecule has 0 bridgehead atoms. The normalized spacial score (nSPS) is 45.0. The number of hydrogen-bond acceptors (Lipinski definition) is 3. The fourth-order valence-electron chi connectivity index (χ4n) is 1.05. The Hall–Kier alpha value is -0.120. The van der Waals surface area contributed by atoms with Crippen LogP contribution < -0.4 is 10.6 Å². The van der Waals surface area contributed by atoms with Crippen LogP contribution in [0.15, 0.2) is 0 Å². The van der Waals surface area contributed by atoms with Crippen molar-refractivity contribution in [3.05, 3.63) is 0 Å². The summed E-state index contributed by atoms with van der Waals surface area (Å²) in [7, 11) is 0. The number of nitrogens with one attached hydrogen (secondary N) is 2. The van der Waals surface area contributed by atoms with Crippen LogP contribution >= 0.6 is 0 Å². The molecule has 10 heavy (non-hydrogen) atoms. The SMILES string of the molecule is [2H]C([2H])([2H])C(N[C@@H]1CNC[C@H]1O)C([2H])([2H])[2H]. The Labute approximate surface area is 70.2 Å². The molecule has 0 spiro atoms. The molecule has 0 aliphatic carbocycles. The second-order valence-corrected chi connectivity index (χ2v) is 2.43. The predicted octanol–water partition coefficient (Wildman–Crippen LogP) is -0.683. The van der Waals surface area contributed by atoms with E-state index in [0.717, 1.165) is 0 Å². The summed E-state index contributed by atoms with van der Waals surface area (Å²) in [5, 5.41) is 14.8. The highest BCUT2D eigenvalue weighted by atomic mass is 16.3. The summed E-state index contributed by atoms with van der Waals surface area (Å²) in [6.07, 6.45) is -0.757. The van der Waals surface area contributed by atoms with Crippen molar-refractivity contribution in [2.75, 3.05) is 13.1 Å². The van der Waals surface area contributed by atoms with Crippen LogP contribution in [0.4, 0.5) is 0 Å². The average molecular weight is 150 g/mol. The first-order chi connectivity index (χ1) is 7.12. The summed E-state index contributed by atoms with van der Waals surface area (Å²) in [5.74, 6) is 0. The van der Waals surface area contributed by atoms with Crippen molar-refractivity contribution < 1.29 is 13.3 Å². The van der Waals surface area contributed by atoms with Crippen molar-refractivity contribution in [2.24, 2.45) is 0 Å². The first kappa shape index (κ1) is 3.09. The Morgan fingerprint density at radius 3 is 3.00 bits per heavy atom. The molecule has 0 aromatic heterocycles. The van der Waals surface area contributed by atoms with Gasteiger partial charge in [0.2, 0.25) is 0 Å². The van der Waals surface area contributed by atoms with Crippen LogP contribution in [-0.4, -0.2) is 36.4 Å². The lowest BCUT2D eigenvalue weighted by Gasteiger charge is -2.17. The second kappa shape index (κ2) is 3.32. The zero-order valence-corrected chi connectivity index (χ0v) is 5.59. The Morgan fingerprint density at radius 1 is 1.70 bits per heavy atom. The van der Waals surface area contributed by atoms with Gasteiger partial charge in [0.15, 0.2) is 0 Å². The summed E-state index contributed by atoms with van der Waals surface area (Å²) >= 11 is 0. The highest BCUT2D eigenvalue weighted by molar-refractivity contribution is 4.86. The fourth-order valence-corrected chi connectivity index (χ4v) is 1.05. The van der Waals surface area contributed by atoms with Crippen molar-refractivity contribution in [2.45, 2.75) is 31.9 Å². The molecule has 0 unspecified atom stereocenters. The van der Waals surface area contributed by atoms with Gasteiger partial charge in [0.05, 0.1) is 6.10 Å². The quantitative estimate of drug-likeness (QED) is 0.488. The maximum atomic E-state index is 9.48. The first-order valence-electron chi connectivity index (χ1n) is 6.27. The van der Waals surface area contributed by atoms with E-state index in [1.165, 1.54) is 0 Å². The largest absolute Gasteiger partial charge is 0.390 e. The monoisotopic (exact) mass is 150 g/mol. The summed E-state index contributed by atoms with van der Waals surface area (Å²) in [6.45, 7) is -4.53. The molecule has 0 saturated carbocycles. The van der Waals surface area contributed by atoms with Crippen LogP contribution in [0.3, 0.4) is 0 Å². The Balaban J connectivity index is 2.72.